The van der Waals surface area contributed by atoms with Crippen molar-refractivity contribution in [3.05, 3.63) is 29.3 Å². The van der Waals surface area contributed by atoms with Crippen molar-refractivity contribution in [1.29, 1.82) is 0 Å². The number of hydrogen-bond donors (Lipinski definition) is 2. The van der Waals surface area contributed by atoms with E-state index in [0.717, 1.165) is 29.7 Å². The summed E-state index contributed by atoms with van der Waals surface area (Å²) in [4.78, 5) is 11.9. The molecule has 0 aliphatic heterocycles. The van der Waals surface area contributed by atoms with Crippen LogP contribution in [0, 0.1) is 19.3 Å². The maximum Gasteiger partial charge on any atom is 0.232 e. The molecule has 16 heavy (non-hydrogen) atoms. The Hall–Kier alpha value is -1.35. The summed E-state index contributed by atoms with van der Waals surface area (Å²) in [5.74, 6) is -0.0556. The smallest absolute Gasteiger partial charge is 0.232 e. The van der Waals surface area contributed by atoms with Gasteiger partial charge in [-0.15, -0.1) is 0 Å². The first-order valence-corrected chi connectivity index (χ1v) is 5.56. The van der Waals surface area contributed by atoms with Crippen molar-refractivity contribution in [2.24, 2.45) is 5.41 Å². The number of aliphatic hydroxyl groups excluding tert-OH is 1. The Morgan fingerprint density at radius 3 is 2.31 bits per heavy atom. The van der Waals surface area contributed by atoms with Crippen molar-refractivity contribution in [3.63, 3.8) is 0 Å². The molecule has 0 heterocycles. The summed E-state index contributed by atoms with van der Waals surface area (Å²) in [6.07, 6.45) is 1.58. The standard InChI is InChI=1S/C13H17NO2/c1-9-5-10(2)7-11(6-9)14-12(16)13(8-15)3-4-13/h5-7,15H,3-4,8H2,1-2H3,(H,14,16). The molecule has 3 nitrogen and oxygen atoms in total. The quantitative estimate of drug-likeness (QED) is 0.817. The molecular weight excluding hydrogens is 202 g/mol. The molecule has 1 fully saturated rings. The number of carbonyl (C=O) groups excluding carboxylic acids is 1. The molecule has 2 rings (SSSR count). The van der Waals surface area contributed by atoms with Gasteiger partial charge in [0.25, 0.3) is 0 Å². The molecule has 1 aliphatic carbocycles. The van der Waals surface area contributed by atoms with Crippen LogP contribution in [0.3, 0.4) is 0 Å². The van der Waals surface area contributed by atoms with E-state index in [1.807, 2.05) is 26.0 Å². The van der Waals surface area contributed by atoms with Crippen LogP contribution in [0.5, 0.6) is 0 Å². The highest BCUT2D eigenvalue weighted by Gasteiger charge is 2.49. The predicted octanol–water partition coefficient (Wildman–Crippen LogP) is 2.01. The van der Waals surface area contributed by atoms with E-state index in [1.165, 1.54) is 0 Å². The van der Waals surface area contributed by atoms with Gasteiger partial charge < -0.3 is 10.4 Å². The normalized spacial score (nSPS) is 16.9. The lowest BCUT2D eigenvalue weighted by molar-refractivity contribution is -0.122. The van der Waals surface area contributed by atoms with Crippen LogP contribution >= 0.6 is 0 Å². The first kappa shape index (κ1) is 11.1. The monoisotopic (exact) mass is 219 g/mol. The van der Waals surface area contributed by atoms with Gasteiger partial charge in [-0.25, -0.2) is 0 Å². The minimum Gasteiger partial charge on any atom is -0.395 e. The number of nitrogens with one attached hydrogen (secondary N) is 1. The van der Waals surface area contributed by atoms with Crippen molar-refractivity contribution in [1.82, 2.24) is 0 Å². The van der Waals surface area contributed by atoms with Gasteiger partial charge in [0.1, 0.15) is 0 Å². The molecule has 86 valence electrons. The lowest BCUT2D eigenvalue weighted by atomic mass is 10.1. The minimum absolute atomic E-state index is 0.0520. The summed E-state index contributed by atoms with van der Waals surface area (Å²) in [6.45, 7) is 3.95. The Labute approximate surface area is 95.5 Å². The average Bonchev–Trinajstić information content (AvgIpc) is 2.96. The van der Waals surface area contributed by atoms with Gasteiger partial charge in [0, 0.05) is 5.69 Å². The van der Waals surface area contributed by atoms with E-state index in [2.05, 4.69) is 11.4 Å². The van der Waals surface area contributed by atoms with Crippen LogP contribution in [-0.2, 0) is 4.79 Å². The summed E-state index contributed by atoms with van der Waals surface area (Å²) in [5.41, 5.74) is 2.58. The first-order valence-electron chi connectivity index (χ1n) is 5.56. The van der Waals surface area contributed by atoms with Crippen LogP contribution in [0.15, 0.2) is 18.2 Å². The number of amides is 1. The molecule has 2 N–H and O–H groups in total. The van der Waals surface area contributed by atoms with Gasteiger partial charge >= 0.3 is 0 Å². The van der Waals surface area contributed by atoms with Crippen molar-refractivity contribution in [2.45, 2.75) is 26.7 Å². The van der Waals surface area contributed by atoms with E-state index in [1.54, 1.807) is 0 Å². The average molecular weight is 219 g/mol. The molecule has 3 heteroatoms. The van der Waals surface area contributed by atoms with Crippen LogP contribution in [0.25, 0.3) is 0 Å². The summed E-state index contributed by atoms with van der Waals surface area (Å²) < 4.78 is 0. The molecule has 0 radical (unpaired) electrons. The van der Waals surface area contributed by atoms with Crippen LogP contribution in [0.1, 0.15) is 24.0 Å². The van der Waals surface area contributed by atoms with E-state index in [4.69, 9.17) is 5.11 Å². The number of rotatable bonds is 3. The van der Waals surface area contributed by atoms with Crippen LogP contribution in [-0.4, -0.2) is 17.6 Å². The molecule has 0 saturated heterocycles. The highest BCUT2D eigenvalue weighted by atomic mass is 16.3. The van der Waals surface area contributed by atoms with E-state index >= 15 is 0 Å². The van der Waals surface area contributed by atoms with Crippen LogP contribution in [0.2, 0.25) is 0 Å². The maximum atomic E-state index is 11.9. The van der Waals surface area contributed by atoms with E-state index in [0.29, 0.717) is 0 Å². The fourth-order valence-corrected chi connectivity index (χ4v) is 1.92. The number of benzene rings is 1. The van der Waals surface area contributed by atoms with Crippen molar-refractivity contribution < 1.29 is 9.90 Å². The van der Waals surface area contributed by atoms with Gasteiger partial charge in [0.05, 0.1) is 12.0 Å². The second-order valence-corrected chi connectivity index (χ2v) is 4.77. The Balaban J connectivity index is 2.12. The van der Waals surface area contributed by atoms with Gasteiger partial charge in [-0.3, -0.25) is 4.79 Å². The van der Waals surface area contributed by atoms with E-state index < -0.39 is 5.41 Å². The lowest BCUT2D eigenvalue weighted by Gasteiger charge is -2.13. The molecule has 1 aromatic rings. The summed E-state index contributed by atoms with van der Waals surface area (Å²) >= 11 is 0. The van der Waals surface area contributed by atoms with Gasteiger partial charge in [0.2, 0.25) is 5.91 Å². The molecule has 0 atom stereocenters. The SMILES string of the molecule is Cc1cc(C)cc(NC(=O)C2(CO)CC2)c1. The molecule has 0 aromatic heterocycles. The Bertz CT molecular complexity index is 402. The largest absolute Gasteiger partial charge is 0.395 e. The van der Waals surface area contributed by atoms with Crippen molar-refractivity contribution in [3.8, 4) is 0 Å². The molecule has 1 saturated carbocycles. The maximum absolute atomic E-state index is 11.9. The topological polar surface area (TPSA) is 49.3 Å². The molecule has 0 spiro atoms. The predicted molar refractivity (Wildman–Crippen MR) is 63.3 cm³/mol. The molecule has 0 bridgehead atoms. The number of anilines is 1. The van der Waals surface area contributed by atoms with Crippen LogP contribution in [0.4, 0.5) is 5.69 Å². The first-order chi connectivity index (χ1) is 7.55. The van der Waals surface area contributed by atoms with Gasteiger partial charge in [-0.05, 0) is 49.9 Å². The Kier molecular flexibility index (Phi) is 2.72. The van der Waals surface area contributed by atoms with Gasteiger partial charge in [0.15, 0.2) is 0 Å². The summed E-state index contributed by atoms with van der Waals surface area (Å²) in [7, 11) is 0. The zero-order chi connectivity index (χ0) is 11.8. The van der Waals surface area contributed by atoms with Crippen molar-refractivity contribution in [2.75, 3.05) is 11.9 Å². The molecule has 1 aliphatic rings. The Morgan fingerprint density at radius 1 is 1.31 bits per heavy atom. The summed E-state index contributed by atoms with van der Waals surface area (Å²) in [5, 5.41) is 12.0. The fourth-order valence-electron chi connectivity index (χ4n) is 1.92. The van der Waals surface area contributed by atoms with Crippen molar-refractivity contribution >= 4 is 11.6 Å². The molecule has 1 aromatic carbocycles. The second kappa shape index (κ2) is 3.91. The zero-order valence-corrected chi connectivity index (χ0v) is 9.71. The lowest BCUT2D eigenvalue weighted by Crippen LogP contribution is -2.27. The highest BCUT2D eigenvalue weighted by molar-refractivity contribution is 5.97. The number of hydrogen-bond acceptors (Lipinski definition) is 2. The third-order valence-electron chi connectivity index (χ3n) is 3.12. The second-order valence-electron chi connectivity index (χ2n) is 4.77. The number of aliphatic hydroxyl groups is 1. The summed E-state index contributed by atoms with van der Waals surface area (Å²) in [6, 6.07) is 5.95. The Morgan fingerprint density at radius 2 is 1.88 bits per heavy atom. The molecule has 0 unspecified atom stereocenters. The number of carbonyl (C=O) groups is 1. The van der Waals surface area contributed by atoms with Gasteiger partial charge in [-0.1, -0.05) is 6.07 Å². The zero-order valence-electron chi connectivity index (χ0n) is 9.71. The van der Waals surface area contributed by atoms with Crippen LogP contribution < -0.4 is 5.32 Å². The third kappa shape index (κ3) is 2.09. The van der Waals surface area contributed by atoms with E-state index in [9.17, 15) is 4.79 Å². The minimum atomic E-state index is -0.502. The number of aryl methyl sites for hydroxylation is 2. The van der Waals surface area contributed by atoms with E-state index in [-0.39, 0.29) is 12.5 Å². The fraction of sp³-hybridized carbons (Fsp3) is 0.462. The molecule has 1 amide bonds. The highest BCUT2D eigenvalue weighted by Crippen LogP contribution is 2.45. The third-order valence-corrected chi connectivity index (χ3v) is 3.12. The molecular formula is C13H17NO2. The van der Waals surface area contributed by atoms with Gasteiger partial charge in [-0.2, -0.15) is 0 Å².